The van der Waals surface area contributed by atoms with Crippen LogP contribution in [-0.4, -0.2) is 21.7 Å². The Kier molecular flexibility index (Phi) is 8.30. The largest absolute Gasteiger partial charge is 0.491 e. The van der Waals surface area contributed by atoms with Gasteiger partial charge in [0.2, 0.25) is 0 Å². The second-order valence-electron chi connectivity index (χ2n) is 9.36. The third kappa shape index (κ3) is 6.63. The smallest absolute Gasteiger partial charge is 0.417 e. The fourth-order valence-corrected chi connectivity index (χ4v) is 5.17. The lowest BCUT2D eigenvalue weighted by atomic mass is 10.0. The number of carboxylic acid groups (broad SMARTS) is 1. The van der Waals surface area contributed by atoms with Crippen LogP contribution in [0.25, 0.3) is 21.7 Å². The summed E-state index contributed by atoms with van der Waals surface area (Å²) in [5, 5.41) is 20.3. The van der Waals surface area contributed by atoms with Gasteiger partial charge in [-0.1, -0.05) is 12.1 Å². The molecule has 12 heteroatoms. The zero-order chi connectivity index (χ0) is 30.1. The molecule has 0 radical (unpaired) electrons. The minimum atomic E-state index is -5.03. The number of aliphatic carboxylic acids is 1. The monoisotopic (exact) mass is 588 g/mol. The van der Waals surface area contributed by atoms with E-state index in [1.54, 1.807) is 37.4 Å². The third-order valence-corrected chi connectivity index (χ3v) is 6.89. The van der Waals surface area contributed by atoms with Gasteiger partial charge in [-0.2, -0.15) is 18.4 Å². The number of carboxylic acids is 1. The van der Waals surface area contributed by atoms with Gasteiger partial charge in [0.1, 0.15) is 29.0 Å². The van der Waals surface area contributed by atoms with Crippen molar-refractivity contribution in [2.75, 3.05) is 0 Å². The number of halogens is 5. The molecule has 0 atom stereocenters. The third-order valence-electron chi connectivity index (χ3n) is 5.94. The van der Waals surface area contributed by atoms with E-state index in [-0.39, 0.29) is 28.7 Å². The van der Waals surface area contributed by atoms with Crippen molar-refractivity contribution in [2.45, 2.75) is 39.1 Å². The Bertz CT molecular complexity index is 1730. The minimum Gasteiger partial charge on any atom is -0.491 e. The van der Waals surface area contributed by atoms with Crippen molar-refractivity contribution >= 4 is 17.3 Å². The highest BCUT2D eigenvalue weighted by atomic mass is 32.1. The molecule has 0 bridgehead atoms. The lowest BCUT2D eigenvalue weighted by molar-refractivity contribution is -0.138. The summed E-state index contributed by atoms with van der Waals surface area (Å²) in [7, 11) is 0. The molecule has 0 amide bonds. The van der Waals surface area contributed by atoms with Crippen LogP contribution in [0.1, 0.15) is 36.1 Å². The molecular weight excluding hydrogens is 567 g/mol. The molecule has 2 aromatic heterocycles. The van der Waals surface area contributed by atoms with E-state index >= 15 is 0 Å². The highest BCUT2D eigenvalue weighted by molar-refractivity contribution is 7.14. The molecule has 0 spiro atoms. The van der Waals surface area contributed by atoms with Crippen LogP contribution in [0.15, 0.2) is 58.7 Å². The van der Waals surface area contributed by atoms with E-state index in [2.05, 4.69) is 0 Å². The average Bonchev–Trinajstić information content (AvgIpc) is 3.35. The molecule has 0 saturated carbocycles. The molecule has 0 fully saturated rings. The first kappa shape index (κ1) is 29.5. The lowest BCUT2D eigenvalue weighted by Crippen LogP contribution is -2.28. The lowest BCUT2D eigenvalue weighted by Gasteiger charge is -2.17. The summed E-state index contributed by atoms with van der Waals surface area (Å²) >= 11 is 0.989. The van der Waals surface area contributed by atoms with Gasteiger partial charge >= 0.3 is 12.1 Å². The van der Waals surface area contributed by atoms with Crippen LogP contribution in [0.2, 0.25) is 0 Å². The quantitative estimate of drug-likeness (QED) is 0.227. The van der Waals surface area contributed by atoms with Gasteiger partial charge in [-0.15, -0.1) is 11.3 Å². The van der Waals surface area contributed by atoms with Crippen LogP contribution in [-0.2, 0) is 23.9 Å². The summed E-state index contributed by atoms with van der Waals surface area (Å²) in [6.45, 7) is 3.01. The molecule has 0 aliphatic carbocycles. The molecule has 0 aliphatic rings. The number of rotatable bonds is 8. The Labute approximate surface area is 234 Å². The second-order valence-corrected chi connectivity index (χ2v) is 10.3. The molecule has 6 nitrogen and oxygen atoms in total. The molecule has 2 aromatic carbocycles. The van der Waals surface area contributed by atoms with Gasteiger partial charge < -0.3 is 14.4 Å². The minimum absolute atomic E-state index is 0.174. The van der Waals surface area contributed by atoms with E-state index in [1.807, 2.05) is 0 Å². The number of carbonyl (C=O) groups is 1. The number of hydrogen-bond donors (Lipinski definition) is 1. The average molecular weight is 589 g/mol. The Morgan fingerprint density at radius 1 is 1.10 bits per heavy atom. The van der Waals surface area contributed by atoms with E-state index < -0.39 is 47.0 Å². The standard InChI is InChI=1S/C29H21F5N2O4S/c1-15(2)40-21-6-16(7-27(37)38)5-18(8-21)19-9-26(41-14-19)25-11-23(29(32,33)34)22(12-35)28(39)36(25)13-17-3-4-20(30)10-24(17)31/h3-6,8-11,14-15H,7,13H2,1-2H3,(H,37,38). The van der Waals surface area contributed by atoms with Crippen LogP contribution in [0.4, 0.5) is 22.0 Å². The van der Waals surface area contributed by atoms with E-state index in [0.717, 1.165) is 28.0 Å². The number of hydrogen-bond acceptors (Lipinski definition) is 5. The normalized spacial score (nSPS) is 11.5. The summed E-state index contributed by atoms with van der Waals surface area (Å²) in [4.78, 5) is 24.7. The van der Waals surface area contributed by atoms with Gasteiger partial charge in [-0.25, -0.2) is 8.78 Å². The van der Waals surface area contributed by atoms with Gasteiger partial charge in [0.25, 0.3) is 5.56 Å². The summed E-state index contributed by atoms with van der Waals surface area (Å²) in [5.41, 5.74) is -2.85. The molecule has 0 saturated heterocycles. The summed E-state index contributed by atoms with van der Waals surface area (Å²) in [6, 6.07) is 10.9. The zero-order valence-corrected chi connectivity index (χ0v) is 22.4. The first-order valence-electron chi connectivity index (χ1n) is 12.1. The van der Waals surface area contributed by atoms with Crippen molar-refractivity contribution in [1.29, 1.82) is 5.26 Å². The van der Waals surface area contributed by atoms with Crippen molar-refractivity contribution in [1.82, 2.24) is 4.57 Å². The van der Waals surface area contributed by atoms with Crippen LogP contribution in [0.3, 0.4) is 0 Å². The number of nitrogens with zero attached hydrogens (tertiary/aromatic N) is 2. The van der Waals surface area contributed by atoms with Crippen molar-refractivity contribution in [3.05, 3.63) is 98.2 Å². The summed E-state index contributed by atoms with van der Waals surface area (Å²) < 4.78 is 76.2. The predicted molar refractivity (Wildman–Crippen MR) is 142 cm³/mol. The molecule has 1 N–H and O–H groups in total. The molecule has 4 aromatic rings. The maximum Gasteiger partial charge on any atom is 0.417 e. The SMILES string of the molecule is CC(C)Oc1cc(CC(=O)O)cc(-c2csc(-c3cc(C(F)(F)F)c(C#N)c(=O)n3Cc3ccc(F)cc3F)c2)c1. The second kappa shape index (κ2) is 11.5. The highest BCUT2D eigenvalue weighted by Gasteiger charge is 2.37. The van der Waals surface area contributed by atoms with Crippen molar-refractivity contribution in [2.24, 2.45) is 0 Å². The van der Waals surface area contributed by atoms with Crippen LogP contribution >= 0.6 is 11.3 Å². The number of benzene rings is 2. The van der Waals surface area contributed by atoms with Crippen LogP contribution < -0.4 is 10.3 Å². The predicted octanol–water partition coefficient (Wildman–Crippen LogP) is 6.88. The van der Waals surface area contributed by atoms with E-state index in [9.17, 15) is 41.9 Å². The zero-order valence-electron chi connectivity index (χ0n) is 21.6. The van der Waals surface area contributed by atoms with E-state index in [0.29, 0.717) is 34.6 Å². The molecule has 2 heterocycles. The van der Waals surface area contributed by atoms with Gasteiger partial charge in [0, 0.05) is 11.6 Å². The topological polar surface area (TPSA) is 92.3 Å². The van der Waals surface area contributed by atoms with E-state index in [1.165, 1.54) is 12.1 Å². The molecular formula is C29H21F5N2O4S. The number of aromatic nitrogens is 1. The van der Waals surface area contributed by atoms with Gasteiger partial charge in [0.15, 0.2) is 0 Å². The molecule has 41 heavy (non-hydrogen) atoms. The van der Waals surface area contributed by atoms with Gasteiger partial charge in [0.05, 0.1) is 35.2 Å². The Balaban J connectivity index is 1.90. The van der Waals surface area contributed by atoms with Gasteiger partial charge in [-0.3, -0.25) is 9.59 Å². The first-order valence-corrected chi connectivity index (χ1v) is 13.0. The van der Waals surface area contributed by atoms with E-state index in [4.69, 9.17) is 4.74 Å². The fourth-order valence-electron chi connectivity index (χ4n) is 4.23. The molecule has 4 rings (SSSR count). The highest BCUT2D eigenvalue weighted by Crippen LogP contribution is 2.38. The number of alkyl halides is 3. The first-order chi connectivity index (χ1) is 19.3. The summed E-state index contributed by atoms with van der Waals surface area (Å²) in [5.74, 6) is -2.57. The fraction of sp³-hybridized carbons (Fsp3) is 0.207. The maximum atomic E-state index is 14.5. The van der Waals surface area contributed by atoms with Crippen molar-refractivity contribution in [3.63, 3.8) is 0 Å². The van der Waals surface area contributed by atoms with Crippen LogP contribution in [0, 0.1) is 23.0 Å². The molecule has 0 aliphatic heterocycles. The molecule has 0 unspecified atom stereocenters. The van der Waals surface area contributed by atoms with Crippen molar-refractivity contribution < 1.29 is 36.6 Å². The van der Waals surface area contributed by atoms with Crippen LogP contribution in [0.5, 0.6) is 5.75 Å². The molecule has 212 valence electrons. The van der Waals surface area contributed by atoms with Gasteiger partial charge in [-0.05, 0) is 66.2 Å². The number of thiophene rings is 1. The van der Waals surface area contributed by atoms with Crippen molar-refractivity contribution in [3.8, 4) is 33.5 Å². The number of pyridine rings is 1. The Morgan fingerprint density at radius 3 is 2.44 bits per heavy atom. The maximum absolute atomic E-state index is 14.5. The Hall–Kier alpha value is -4.50. The Morgan fingerprint density at radius 2 is 1.83 bits per heavy atom. The number of nitriles is 1. The summed E-state index contributed by atoms with van der Waals surface area (Å²) in [6.07, 6.45) is -5.55. The number of ether oxygens (including phenoxy) is 1.